The molecule has 0 aliphatic rings. The van der Waals surface area contributed by atoms with Crippen molar-refractivity contribution in [3.63, 3.8) is 0 Å². The molecule has 1 aromatic heterocycles. The molecule has 0 bridgehead atoms. The van der Waals surface area contributed by atoms with Crippen LogP contribution in [0.4, 0.5) is 14.6 Å². The van der Waals surface area contributed by atoms with Gasteiger partial charge in [0.1, 0.15) is 17.5 Å². The molecule has 0 saturated carbocycles. The normalized spacial score (nSPS) is 10.2. The number of aromatic nitrogens is 2. The van der Waals surface area contributed by atoms with Gasteiger partial charge in [-0.3, -0.25) is 4.79 Å². The van der Waals surface area contributed by atoms with Crippen molar-refractivity contribution in [1.82, 2.24) is 15.5 Å². The number of hydrogen-bond donors (Lipinski definition) is 2. The number of halogens is 2. The van der Waals surface area contributed by atoms with Gasteiger partial charge < -0.3 is 10.6 Å². The minimum atomic E-state index is -0.634. The highest BCUT2D eigenvalue weighted by atomic mass is 19.1. The molecule has 0 atom stereocenters. The lowest BCUT2D eigenvalue weighted by atomic mass is 10.1. The van der Waals surface area contributed by atoms with Crippen LogP contribution in [0.25, 0.3) is 0 Å². The van der Waals surface area contributed by atoms with Crippen LogP contribution in [0, 0.1) is 11.6 Å². The van der Waals surface area contributed by atoms with Crippen molar-refractivity contribution in [1.29, 1.82) is 0 Å². The van der Waals surface area contributed by atoms with E-state index in [9.17, 15) is 13.6 Å². The number of nitrogens with one attached hydrogen (secondary N) is 2. The molecular formula is C14H14F2N4O. The van der Waals surface area contributed by atoms with E-state index in [4.69, 9.17) is 0 Å². The maximum atomic E-state index is 13.0. The molecular weight excluding hydrogens is 278 g/mol. The molecule has 0 spiro atoms. The summed E-state index contributed by atoms with van der Waals surface area (Å²) in [5.41, 5.74) is 0.656. The monoisotopic (exact) mass is 292 g/mol. The summed E-state index contributed by atoms with van der Waals surface area (Å²) in [7, 11) is 1.70. The first-order valence-electron chi connectivity index (χ1n) is 6.33. The van der Waals surface area contributed by atoms with Crippen LogP contribution < -0.4 is 10.6 Å². The van der Waals surface area contributed by atoms with E-state index in [0.717, 1.165) is 6.07 Å². The van der Waals surface area contributed by atoms with E-state index in [0.29, 0.717) is 17.8 Å². The largest absolute Gasteiger partial charge is 0.372 e. The average molecular weight is 292 g/mol. The van der Waals surface area contributed by atoms with Crippen molar-refractivity contribution in [2.24, 2.45) is 0 Å². The van der Waals surface area contributed by atoms with Gasteiger partial charge in [-0.1, -0.05) is 0 Å². The van der Waals surface area contributed by atoms with Gasteiger partial charge in [0.25, 0.3) is 5.91 Å². The molecule has 0 unspecified atom stereocenters. The summed E-state index contributed by atoms with van der Waals surface area (Å²) >= 11 is 0. The molecule has 21 heavy (non-hydrogen) atoms. The van der Waals surface area contributed by atoms with Gasteiger partial charge in [-0.15, -0.1) is 10.2 Å². The highest BCUT2D eigenvalue weighted by Gasteiger charge is 2.08. The average Bonchev–Trinajstić information content (AvgIpc) is 2.46. The minimum Gasteiger partial charge on any atom is -0.372 e. The zero-order valence-corrected chi connectivity index (χ0v) is 11.4. The van der Waals surface area contributed by atoms with Crippen molar-refractivity contribution >= 4 is 11.7 Å². The summed E-state index contributed by atoms with van der Waals surface area (Å²) in [6, 6.07) is 6.44. The minimum absolute atomic E-state index is 0.180. The molecule has 1 heterocycles. The molecule has 0 aliphatic heterocycles. The fourth-order valence-electron chi connectivity index (χ4n) is 1.75. The second-order valence-corrected chi connectivity index (χ2v) is 4.34. The van der Waals surface area contributed by atoms with Crippen molar-refractivity contribution in [3.8, 4) is 0 Å². The van der Waals surface area contributed by atoms with Crippen molar-refractivity contribution in [2.75, 3.05) is 18.9 Å². The zero-order valence-electron chi connectivity index (χ0n) is 11.4. The lowest BCUT2D eigenvalue weighted by Crippen LogP contribution is -2.26. The van der Waals surface area contributed by atoms with E-state index < -0.39 is 11.6 Å². The Balaban J connectivity index is 1.88. The Kier molecular flexibility index (Phi) is 4.76. The zero-order chi connectivity index (χ0) is 15.2. The molecule has 0 fully saturated rings. The Morgan fingerprint density at radius 1 is 1.14 bits per heavy atom. The van der Waals surface area contributed by atoms with Gasteiger partial charge in [0.05, 0.1) is 0 Å². The predicted octanol–water partition coefficient (Wildman–Crippen LogP) is 1.77. The van der Waals surface area contributed by atoms with Crippen molar-refractivity contribution < 1.29 is 13.6 Å². The third-order valence-electron chi connectivity index (χ3n) is 2.77. The number of rotatable bonds is 5. The molecule has 0 saturated heterocycles. The van der Waals surface area contributed by atoms with Crippen LogP contribution in [0.5, 0.6) is 0 Å². The second kappa shape index (κ2) is 6.74. The van der Waals surface area contributed by atoms with Crippen LogP contribution in [0.15, 0.2) is 30.3 Å². The van der Waals surface area contributed by atoms with Gasteiger partial charge in [-0.2, -0.15) is 0 Å². The van der Waals surface area contributed by atoms with E-state index in [2.05, 4.69) is 20.8 Å². The summed E-state index contributed by atoms with van der Waals surface area (Å²) in [5, 5.41) is 13.0. The number of amides is 1. The Morgan fingerprint density at radius 3 is 2.43 bits per heavy atom. The van der Waals surface area contributed by atoms with E-state index in [1.54, 1.807) is 13.1 Å². The molecule has 1 amide bonds. The van der Waals surface area contributed by atoms with Gasteiger partial charge >= 0.3 is 0 Å². The second-order valence-electron chi connectivity index (χ2n) is 4.34. The Hall–Kier alpha value is -2.57. The lowest BCUT2D eigenvalue weighted by molar-refractivity contribution is 0.0948. The Labute approximate surface area is 120 Å². The van der Waals surface area contributed by atoms with Gasteiger partial charge in [0.15, 0.2) is 5.69 Å². The molecule has 2 N–H and O–H groups in total. The van der Waals surface area contributed by atoms with Crippen molar-refractivity contribution in [2.45, 2.75) is 6.42 Å². The quantitative estimate of drug-likeness (QED) is 0.881. The number of benzene rings is 1. The van der Waals surface area contributed by atoms with Crippen LogP contribution >= 0.6 is 0 Å². The molecule has 0 radical (unpaired) electrons. The smallest absolute Gasteiger partial charge is 0.271 e. The fourth-order valence-corrected chi connectivity index (χ4v) is 1.75. The number of nitrogens with zero attached hydrogens (tertiary/aromatic N) is 2. The topological polar surface area (TPSA) is 66.9 Å². The highest BCUT2D eigenvalue weighted by Crippen LogP contribution is 2.08. The first kappa shape index (κ1) is 14.8. The molecule has 0 aliphatic carbocycles. The molecule has 2 rings (SSSR count). The van der Waals surface area contributed by atoms with Gasteiger partial charge in [0.2, 0.25) is 0 Å². The third-order valence-corrected chi connectivity index (χ3v) is 2.77. The van der Waals surface area contributed by atoms with Gasteiger partial charge in [0, 0.05) is 19.7 Å². The number of carbonyl (C=O) groups is 1. The summed E-state index contributed by atoms with van der Waals surface area (Å²) in [6.45, 7) is 0.247. The van der Waals surface area contributed by atoms with E-state index >= 15 is 0 Å². The lowest BCUT2D eigenvalue weighted by Gasteiger charge is -2.05. The van der Waals surface area contributed by atoms with Crippen LogP contribution in [0.3, 0.4) is 0 Å². The summed E-state index contributed by atoms with van der Waals surface area (Å²) < 4.78 is 26.0. The maximum Gasteiger partial charge on any atom is 0.271 e. The van der Waals surface area contributed by atoms with Crippen LogP contribution in [0.2, 0.25) is 0 Å². The summed E-state index contributed by atoms with van der Waals surface area (Å²) in [5.74, 6) is -1.10. The molecule has 2 aromatic rings. The first-order chi connectivity index (χ1) is 10.1. The highest BCUT2D eigenvalue weighted by molar-refractivity contribution is 5.92. The first-order valence-corrected chi connectivity index (χ1v) is 6.33. The maximum absolute atomic E-state index is 13.0. The summed E-state index contributed by atoms with van der Waals surface area (Å²) in [6.07, 6.45) is 0.322. The Bertz CT molecular complexity index is 611. The van der Waals surface area contributed by atoms with Crippen molar-refractivity contribution in [3.05, 3.63) is 53.2 Å². The number of carbonyl (C=O) groups excluding carboxylic acids is 1. The van der Waals surface area contributed by atoms with Gasteiger partial charge in [-0.05, 0) is 36.2 Å². The van der Waals surface area contributed by atoms with E-state index in [1.807, 2.05) is 0 Å². The van der Waals surface area contributed by atoms with Crippen LogP contribution in [-0.2, 0) is 6.42 Å². The standard InChI is InChI=1S/C14H14F2N4O/c1-17-13-3-2-12(19-20-13)14(21)18-5-4-9-6-10(15)8-11(16)7-9/h2-3,6-8H,4-5H2,1H3,(H,17,20)(H,18,21). The van der Waals surface area contributed by atoms with E-state index in [1.165, 1.54) is 18.2 Å². The predicted molar refractivity (Wildman–Crippen MR) is 74.0 cm³/mol. The third kappa shape index (κ3) is 4.20. The summed E-state index contributed by atoms with van der Waals surface area (Å²) in [4.78, 5) is 11.8. The van der Waals surface area contributed by atoms with Crippen LogP contribution in [-0.4, -0.2) is 29.7 Å². The SMILES string of the molecule is CNc1ccc(C(=O)NCCc2cc(F)cc(F)c2)nn1. The van der Waals surface area contributed by atoms with Crippen LogP contribution in [0.1, 0.15) is 16.1 Å². The van der Waals surface area contributed by atoms with Gasteiger partial charge in [-0.25, -0.2) is 8.78 Å². The van der Waals surface area contributed by atoms with E-state index in [-0.39, 0.29) is 18.1 Å². The Morgan fingerprint density at radius 2 is 1.86 bits per heavy atom. The molecule has 110 valence electrons. The number of hydrogen-bond acceptors (Lipinski definition) is 4. The number of anilines is 1. The fraction of sp³-hybridized carbons (Fsp3) is 0.214. The molecule has 5 nitrogen and oxygen atoms in total. The molecule has 7 heteroatoms. The molecule has 1 aromatic carbocycles.